The van der Waals surface area contributed by atoms with Crippen LogP contribution in [0.15, 0.2) is 4.42 Å². The van der Waals surface area contributed by atoms with E-state index in [2.05, 4.69) is 25.5 Å². The van der Waals surface area contributed by atoms with Gasteiger partial charge in [-0.05, 0) is 20.9 Å². The van der Waals surface area contributed by atoms with Crippen molar-refractivity contribution in [3.8, 4) is 0 Å². The topological polar surface area (TPSA) is 82.9 Å². The SMILES string of the molecule is Cc1nc(CN(C)Cc2nc([C@H]3C[C@H](F)CN3)n[nH]2)oc1C. The molecule has 1 fully saturated rings. The highest BCUT2D eigenvalue weighted by atomic mass is 19.1. The summed E-state index contributed by atoms with van der Waals surface area (Å²) in [4.78, 5) is 10.8. The van der Waals surface area contributed by atoms with E-state index in [0.29, 0.717) is 37.8 Å². The van der Waals surface area contributed by atoms with Crippen molar-refractivity contribution in [3.63, 3.8) is 0 Å². The van der Waals surface area contributed by atoms with Crippen LogP contribution in [0.2, 0.25) is 0 Å². The molecular formula is C14H21FN6O. The van der Waals surface area contributed by atoms with Gasteiger partial charge in [-0.15, -0.1) is 0 Å². The highest BCUT2D eigenvalue weighted by Crippen LogP contribution is 2.22. The summed E-state index contributed by atoms with van der Waals surface area (Å²) in [6.07, 6.45) is -0.381. The Morgan fingerprint density at radius 3 is 2.77 bits per heavy atom. The smallest absolute Gasteiger partial charge is 0.208 e. The fourth-order valence-electron chi connectivity index (χ4n) is 2.58. The molecule has 120 valence electrons. The number of hydrogen-bond donors (Lipinski definition) is 2. The van der Waals surface area contributed by atoms with Crippen molar-refractivity contribution in [3.05, 3.63) is 29.0 Å². The molecule has 1 saturated heterocycles. The molecule has 0 unspecified atom stereocenters. The molecular weight excluding hydrogens is 287 g/mol. The van der Waals surface area contributed by atoms with Crippen LogP contribution in [0.1, 0.15) is 41.5 Å². The van der Waals surface area contributed by atoms with Gasteiger partial charge in [0.1, 0.15) is 17.8 Å². The Bertz CT molecular complexity index is 620. The van der Waals surface area contributed by atoms with Gasteiger partial charge in [-0.3, -0.25) is 10.00 Å². The fraction of sp³-hybridized carbons (Fsp3) is 0.643. The Labute approximate surface area is 128 Å². The van der Waals surface area contributed by atoms with Crippen LogP contribution in [-0.4, -0.2) is 44.8 Å². The minimum atomic E-state index is -0.814. The van der Waals surface area contributed by atoms with Crippen molar-refractivity contribution < 1.29 is 8.81 Å². The molecule has 0 aromatic carbocycles. The molecule has 0 amide bonds. The van der Waals surface area contributed by atoms with Crippen LogP contribution < -0.4 is 5.32 Å². The lowest BCUT2D eigenvalue weighted by atomic mass is 10.2. The molecule has 8 heteroatoms. The van der Waals surface area contributed by atoms with E-state index in [1.165, 1.54) is 0 Å². The number of halogens is 1. The molecule has 0 bridgehead atoms. The van der Waals surface area contributed by atoms with Crippen molar-refractivity contribution in [2.75, 3.05) is 13.6 Å². The first-order valence-corrected chi connectivity index (χ1v) is 7.41. The molecule has 0 spiro atoms. The van der Waals surface area contributed by atoms with Crippen molar-refractivity contribution >= 4 is 0 Å². The van der Waals surface area contributed by atoms with Gasteiger partial charge in [-0.2, -0.15) is 5.10 Å². The standard InChI is InChI=1S/C14H21FN6O/c1-8-9(2)22-13(17-8)7-21(3)6-12-18-14(20-19-12)11-4-10(15)5-16-11/h10-11,16H,4-7H2,1-3H3,(H,18,19,20)/t10-,11+/m0/s1. The van der Waals surface area contributed by atoms with Crippen LogP contribution in [-0.2, 0) is 13.1 Å². The van der Waals surface area contributed by atoms with E-state index < -0.39 is 6.17 Å². The zero-order valence-electron chi connectivity index (χ0n) is 13.1. The largest absolute Gasteiger partial charge is 0.444 e. The highest BCUT2D eigenvalue weighted by Gasteiger charge is 2.27. The van der Waals surface area contributed by atoms with E-state index in [1.807, 2.05) is 25.8 Å². The summed E-state index contributed by atoms with van der Waals surface area (Å²) in [5.74, 6) is 2.92. The Kier molecular flexibility index (Phi) is 4.21. The van der Waals surface area contributed by atoms with E-state index in [4.69, 9.17) is 4.42 Å². The Balaban J connectivity index is 1.57. The number of hydrogen-bond acceptors (Lipinski definition) is 6. The molecule has 7 nitrogen and oxygen atoms in total. The summed E-state index contributed by atoms with van der Waals surface area (Å²) in [6.45, 7) is 5.40. The van der Waals surface area contributed by atoms with Crippen LogP contribution in [0.25, 0.3) is 0 Å². The molecule has 2 aromatic rings. The van der Waals surface area contributed by atoms with Crippen molar-refractivity contribution in [1.82, 2.24) is 30.4 Å². The predicted octanol–water partition coefficient (Wildman–Crippen LogP) is 1.41. The van der Waals surface area contributed by atoms with Crippen LogP contribution in [0.4, 0.5) is 4.39 Å². The van der Waals surface area contributed by atoms with Gasteiger partial charge in [0.2, 0.25) is 5.89 Å². The molecule has 3 heterocycles. The lowest BCUT2D eigenvalue weighted by molar-refractivity contribution is 0.273. The number of aromatic nitrogens is 4. The lowest BCUT2D eigenvalue weighted by Gasteiger charge is -2.12. The summed E-state index contributed by atoms with van der Waals surface area (Å²) in [7, 11) is 1.96. The van der Waals surface area contributed by atoms with Crippen molar-refractivity contribution in [2.24, 2.45) is 0 Å². The first-order chi connectivity index (χ1) is 10.5. The maximum atomic E-state index is 13.2. The molecule has 0 aliphatic carbocycles. The van der Waals surface area contributed by atoms with Crippen LogP contribution in [0, 0.1) is 13.8 Å². The third kappa shape index (κ3) is 3.33. The first-order valence-electron chi connectivity index (χ1n) is 7.41. The quantitative estimate of drug-likeness (QED) is 0.869. The predicted molar refractivity (Wildman–Crippen MR) is 77.8 cm³/mol. The summed E-state index contributed by atoms with van der Waals surface area (Å²) >= 11 is 0. The average molecular weight is 308 g/mol. The lowest BCUT2D eigenvalue weighted by Crippen LogP contribution is -2.18. The Morgan fingerprint density at radius 2 is 2.14 bits per heavy atom. The molecule has 22 heavy (non-hydrogen) atoms. The second-order valence-electron chi connectivity index (χ2n) is 5.86. The van der Waals surface area contributed by atoms with Crippen molar-refractivity contribution in [2.45, 2.75) is 45.6 Å². The molecule has 3 rings (SSSR count). The zero-order chi connectivity index (χ0) is 15.7. The number of alkyl halides is 1. The van der Waals surface area contributed by atoms with Gasteiger partial charge in [0.25, 0.3) is 0 Å². The van der Waals surface area contributed by atoms with Gasteiger partial charge in [-0.25, -0.2) is 14.4 Å². The number of rotatable bonds is 5. The maximum absolute atomic E-state index is 13.2. The maximum Gasteiger partial charge on any atom is 0.208 e. The number of nitrogens with one attached hydrogen (secondary N) is 2. The molecule has 2 aromatic heterocycles. The summed E-state index contributed by atoms with van der Waals surface area (Å²) in [5, 5.41) is 10.2. The van der Waals surface area contributed by atoms with Crippen LogP contribution in [0.3, 0.4) is 0 Å². The summed E-state index contributed by atoms with van der Waals surface area (Å²) in [5.41, 5.74) is 0.915. The minimum absolute atomic E-state index is 0.0951. The van der Waals surface area contributed by atoms with Gasteiger partial charge in [0.15, 0.2) is 5.82 Å². The third-order valence-corrected chi connectivity index (χ3v) is 3.84. The molecule has 2 N–H and O–H groups in total. The third-order valence-electron chi connectivity index (χ3n) is 3.84. The monoisotopic (exact) mass is 308 g/mol. The second-order valence-corrected chi connectivity index (χ2v) is 5.86. The number of oxazole rings is 1. The van der Waals surface area contributed by atoms with Gasteiger partial charge < -0.3 is 9.73 Å². The van der Waals surface area contributed by atoms with Gasteiger partial charge in [0.05, 0.1) is 24.8 Å². The normalized spacial score (nSPS) is 21.9. The van der Waals surface area contributed by atoms with Gasteiger partial charge >= 0.3 is 0 Å². The molecule has 2 atom stereocenters. The number of H-pyrrole nitrogens is 1. The van der Waals surface area contributed by atoms with Crippen molar-refractivity contribution in [1.29, 1.82) is 0 Å². The summed E-state index contributed by atoms with van der Waals surface area (Å²) in [6, 6.07) is -0.0951. The van der Waals surface area contributed by atoms with Crippen LogP contribution in [0.5, 0.6) is 0 Å². The van der Waals surface area contributed by atoms with E-state index in [0.717, 1.165) is 17.3 Å². The molecule has 1 aliphatic heterocycles. The number of nitrogens with zero attached hydrogens (tertiary/aromatic N) is 4. The zero-order valence-corrected chi connectivity index (χ0v) is 13.1. The fourth-order valence-corrected chi connectivity index (χ4v) is 2.58. The Hall–Kier alpha value is -1.80. The minimum Gasteiger partial charge on any atom is -0.444 e. The number of aryl methyl sites for hydroxylation is 2. The number of aromatic amines is 1. The van der Waals surface area contributed by atoms with E-state index >= 15 is 0 Å². The summed E-state index contributed by atoms with van der Waals surface area (Å²) < 4.78 is 18.8. The average Bonchev–Trinajstić information content (AvgIpc) is 3.13. The van der Waals surface area contributed by atoms with Crippen LogP contribution >= 0.6 is 0 Å². The first kappa shape index (κ1) is 15.1. The van der Waals surface area contributed by atoms with E-state index in [1.54, 1.807) is 0 Å². The Morgan fingerprint density at radius 1 is 1.32 bits per heavy atom. The second kappa shape index (κ2) is 6.13. The van der Waals surface area contributed by atoms with Gasteiger partial charge in [0, 0.05) is 13.0 Å². The molecule has 1 aliphatic rings. The van der Waals surface area contributed by atoms with Gasteiger partial charge in [-0.1, -0.05) is 0 Å². The van der Waals surface area contributed by atoms with E-state index in [9.17, 15) is 4.39 Å². The molecule has 0 saturated carbocycles. The highest BCUT2D eigenvalue weighted by molar-refractivity contribution is 5.05. The molecule has 0 radical (unpaired) electrons. The van der Waals surface area contributed by atoms with E-state index in [-0.39, 0.29) is 6.04 Å².